The van der Waals surface area contributed by atoms with Gasteiger partial charge in [-0.3, -0.25) is 0 Å². The first-order chi connectivity index (χ1) is 13.3. The number of benzene rings is 2. The van der Waals surface area contributed by atoms with E-state index in [1.807, 2.05) is 36.4 Å². The maximum Gasteiger partial charge on any atom is 0.247 e. The minimum Gasteiger partial charge on any atom is -0.486 e. The van der Waals surface area contributed by atoms with Gasteiger partial charge >= 0.3 is 0 Å². The van der Waals surface area contributed by atoms with Gasteiger partial charge in [-0.1, -0.05) is 30.3 Å². The molecule has 1 aliphatic heterocycles. The first-order valence-corrected chi connectivity index (χ1v) is 8.97. The van der Waals surface area contributed by atoms with E-state index < -0.39 is 0 Å². The molecule has 0 fully saturated rings. The van der Waals surface area contributed by atoms with Crippen molar-refractivity contribution in [2.45, 2.75) is 13.5 Å². The lowest BCUT2D eigenvalue weighted by Crippen LogP contribution is -2.24. The summed E-state index contributed by atoms with van der Waals surface area (Å²) in [6, 6.07) is 16.0. The fraction of sp³-hybridized carbons (Fsp3) is 0.250. The molecule has 7 heteroatoms. The van der Waals surface area contributed by atoms with Gasteiger partial charge in [-0.05, 0) is 24.6 Å². The Kier molecular flexibility index (Phi) is 5.00. The molecule has 1 aliphatic rings. The third-order valence-corrected chi connectivity index (χ3v) is 4.24. The SMILES string of the molecule is CCN(Cc1ccccc1)c1nncc(Nc2ccc3c(c2)OCCO3)n1. The number of hydrogen-bond acceptors (Lipinski definition) is 7. The van der Waals surface area contributed by atoms with Crippen molar-refractivity contribution in [1.82, 2.24) is 15.2 Å². The van der Waals surface area contributed by atoms with E-state index in [0.29, 0.717) is 25.0 Å². The summed E-state index contributed by atoms with van der Waals surface area (Å²) in [4.78, 5) is 6.70. The minimum atomic E-state index is 0.556. The van der Waals surface area contributed by atoms with Crippen LogP contribution < -0.4 is 19.7 Å². The first-order valence-electron chi connectivity index (χ1n) is 8.97. The number of ether oxygens (including phenoxy) is 2. The van der Waals surface area contributed by atoms with Crippen molar-refractivity contribution in [2.75, 3.05) is 30.0 Å². The van der Waals surface area contributed by atoms with E-state index in [-0.39, 0.29) is 0 Å². The van der Waals surface area contributed by atoms with Crippen molar-refractivity contribution in [1.29, 1.82) is 0 Å². The van der Waals surface area contributed by atoms with Crippen molar-refractivity contribution in [3.05, 3.63) is 60.3 Å². The first kappa shape index (κ1) is 17.1. The van der Waals surface area contributed by atoms with E-state index in [1.165, 1.54) is 5.56 Å². The summed E-state index contributed by atoms with van der Waals surface area (Å²) in [6.07, 6.45) is 1.61. The van der Waals surface area contributed by atoms with Crippen LogP contribution in [0, 0.1) is 0 Å². The van der Waals surface area contributed by atoms with Crippen LogP contribution in [0.4, 0.5) is 17.5 Å². The minimum absolute atomic E-state index is 0.556. The summed E-state index contributed by atoms with van der Waals surface area (Å²) < 4.78 is 11.2. The number of anilines is 3. The molecule has 2 aromatic carbocycles. The molecule has 138 valence electrons. The van der Waals surface area contributed by atoms with Crippen LogP contribution in [0.3, 0.4) is 0 Å². The average Bonchev–Trinajstić information content (AvgIpc) is 2.73. The molecule has 0 radical (unpaired) electrons. The Hall–Kier alpha value is -3.35. The zero-order valence-electron chi connectivity index (χ0n) is 15.1. The summed E-state index contributed by atoms with van der Waals surface area (Å²) >= 11 is 0. The Balaban J connectivity index is 1.51. The highest BCUT2D eigenvalue weighted by molar-refractivity contribution is 5.61. The van der Waals surface area contributed by atoms with Crippen LogP contribution in [-0.4, -0.2) is 34.9 Å². The van der Waals surface area contributed by atoms with Gasteiger partial charge in [-0.2, -0.15) is 10.1 Å². The molecule has 2 heterocycles. The second kappa shape index (κ2) is 7.90. The Bertz CT molecular complexity index is 904. The highest BCUT2D eigenvalue weighted by Gasteiger charge is 2.13. The van der Waals surface area contributed by atoms with Crippen LogP contribution >= 0.6 is 0 Å². The Morgan fingerprint density at radius 2 is 1.85 bits per heavy atom. The number of nitrogens with one attached hydrogen (secondary N) is 1. The van der Waals surface area contributed by atoms with Crippen molar-refractivity contribution >= 4 is 17.5 Å². The van der Waals surface area contributed by atoms with Crippen LogP contribution in [0.15, 0.2) is 54.7 Å². The van der Waals surface area contributed by atoms with Crippen LogP contribution in [0.2, 0.25) is 0 Å². The summed E-state index contributed by atoms with van der Waals surface area (Å²) in [5, 5.41) is 11.6. The molecule has 3 aromatic rings. The quantitative estimate of drug-likeness (QED) is 0.719. The van der Waals surface area contributed by atoms with E-state index in [0.717, 1.165) is 30.3 Å². The van der Waals surface area contributed by atoms with Crippen molar-refractivity contribution in [3.63, 3.8) is 0 Å². The molecule has 0 atom stereocenters. The van der Waals surface area contributed by atoms with Gasteiger partial charge < -0.3 is 19.7 Å². The largest absolute Gasteiger partial charge is 0.486 e. The molecule has 27 heavy (non-hydrogen) atoms. The van der Waals surface area contributed by atoms with Crippen LogP contribution in [-0.2, 0) is 6.54 Å². The Morgan fingerprint density at radius 1 is 1.04 bits per heavy atom. The standard InChI is InChI=1S/C20H21N5O2/c1-2-25(14-15-6-4-3-5-7-15)20-23-19(13-21-24-20)22-16-8-9-17-18(12-16)27-11-10-26-17/h3-9,12-13H,2,10-11,14H2,1H3,(H,22,23,24). The normalized spacial score (nSPS) is 12.5. The van der Waals surface area contributed by atoms with Crippen molar-refractivity contribution in [2.24, 2.45) is 0 Å². The number of fused-ring (bicyclic) bond motifs is 1. The predicted molar refractivity (Wildman–Crippen MR) is 104 cm³/mol. The second-order valence-electron chi connectivity index (χ2n) is 6.12. The second-order valence-corrected chi connectivity index (χ2v) is 6.12. The zero-order valence-corrected chi connectivity index (χ0v) is 15.1. The Labute approximate surface area is 158 Å². The predicted octanol–water partition coefficient (Wildman–Crippen LogP) is 3.41. The van der Waals surface area contributed by atoms with Gasteiger partial charge in [-0.15, -0.1) is 5.10 Å². The molecule has 0 spiro atoms. The van der Waals surface area contributed by atoms with Crippen LogP contribution in [0.5, 0.6) is 11.5 Å². The number of hydrogen-bond donors (Lipinski definition) is 1. The van der Waals surface area contributed by atoms with Gasteiger partial charge in [0.05, 0.1) is 6.20 Å². The molecule has 7 nitrogen and oxygen atoms in total. The van der Waals surface area contributed by atoms with Gasteiger partial charge in [-0.25, -0.2) is 0 Å². The van der Waals surface area contributed by atoms with Crippen LogP contribution in [0.1, 0.15) is 12.5 Å². The van der Waals surface area contributed by atoms with E-state index in [9.17, 15) is 0 Å². The number of nitrogens with zero attached hydrogens (tertiary/aromatic N) is 4. The lowest BCUT2D eigenvalue weighted by atomic mass is 10.2. The number of rotatable bonds is 6. The Morgan fingerprint density at radius 3 is 2.67 bits per heavy atom. The maximum absolute atomic E-state index is 5.63. The summed E-state index contributed by atoms with van der Waals surface area (Å²) in [6.45, 7) is 4.72. The van der Waals surface area contributed by atoms with E-state index in [4.69, 9.17) is 9.47 Å². The fourth-order valence-electron chi connectivity index (χ4n) is 2.89. The third kappa shape index (κ3) is 4.08. The molecular weight excluding hydrogens is 342 g/mol. The van der Waals surface area contributed by atoms with Crippen molar-refractivity contribution in [3.8, 4) is 11.5 Å². The molecule has 1 N–H and O–H groups in total. The molecular formula is C20H21N5O2. The third-order valence-electron chi connectivity index (χ3n) is 4.24. The van der Waals surface area contributed by atoms with Gasteiger partial charge in [0.15, 0.2) is 17.3 Å². The van der Waals surface area contributed by atoms with Gasteiger partial charge in [0.2, 0.25) is 5.95 Å². The van der Waals surface area contributed by atoms with E-state index >= 15 is 0 Å². The average molecular weight is 363 g/mol. The molecule has 0 saturated heterocycles. The van der Waals surface area contributed by atoms with Crippen LogP contribution in [0.25, 0.3) is 0 Å². The van der Waals surface area contributed by atoms with Gasteiger partial charge in [0.25, 0.3) is 0 Å². The molecule has 4 rings (SSSR count). The lowest BCUT2D eigenvalue weighted by Gasteiger charge is -2.21. The van der Waals surface area contributed by atoms with Gasteiger partial charge in [0.1, 0.15) is 13.2 Å². The molecule has 0 unspecified atom stereocenters. The maximum atomic E-state index is 5.63. The summed E-state index contributed by atoms with van der Waals surface area (Å²) in [5.41, 5.74) is 2.06. The topological polar surface area (TPSA) is 72.4 Å². The van der Waals surface area contributed by atoms with Gasteiger partial charge in [0, 0.05) is 24.8 Å². The lowest BCUT2D eigenvalue weighted by molar-refractivity contribution is 0.171. The monoisotopic (exact) mass is 363 g/mol. The smallest absolute Gasteiger partial charge is 0.247 e. The van der Waals surface area contributed by atoms with E-state index in [2.05, 4.69) is 44.5 Å². The van der Waals surface area contributed by atoms with E-state index in [1.54, 1.807) is 6.20 Å². The number of aromatic nitrogens is 3. The molecule has 0 bridgehead atoms. The molecule has 0 saturated carbocycles. The zero-order chi connectivity index (χ0) is 18.5. The highest BCUT2D eigenvalue weighted by Crippen LogP contribution is 2.33. The summed E-state index contributed by atoms with van der Waals surface area (Å²) in [7, 11) is 0. The molecule has 0 amide bonds. The highest BCUT2D eigenvalue weighted by atomic mass is 16.6. The molecule has 0 aliphatic carbocycles. The molecule has 1 aromatic heterocycles. The van der Waals surface area contributed by atoms with Crippen molar-refractivity contribution < 1.29 is 9.47 Å². The summed E-state index contributed by atoms with van der Waals surface area (Å²) in [5.74, 6) is 2.70. The fourth-order valence-corrected chi connectivity index (χ4v) is 2.89.